The van der Waals surface area contributed by atoms with Crippen molar-refractivity contribution in [1.82, 2.24) is 4.98 Å². The SMILES string of the molecule is C=CCc1cc(C(=O)Nc2ccc(C)cn2)cc(OC)c1OC. The second-order valence-electron chi connectivity index (χ2n) is 5.04. The van der Waals surface area contributed by atoms with Gasteiger partial charge in [-0.25, -0.2) is 4.98 Å². The zero-order valence-corrected chi connectivity index (χ0v) is 13.6. The topological polar surface area (TPSA) is 60.5 Å². The number of aryl methyl sites for hydroxylation is 1. The molecule has 0 aliphatic carbocycles. The maximum Gasteiger partial charge on any atom is 0.256 e. The van der Waals surface area contributed by atoms with Crippen molar-refractivity contribution in [3.63, 3.8) is 0 Å². The highest BCUT2D eigenvalue weighted by atomic mass is 16.5. The lowest BCUT2D eigenvalue weighted by Crippen LogP contribution is -2.14. The molecule has 1 aromatic carbocycles. The summed E-state index contributed by atoms with van der Waals surface area (Å²) in [7, 11) is 3.11. The van der Waals surface area contributed by atoms with Gasteiger partial charge in [-0.15, -0.1) is 6.58 Å². The molecule has 0 saturated carbocycles. The molecule has 2 rings (SSSR count). The number of benzene rings is 1. The van der Waals surface area contributed by atoms with E-state index in [0.717, 1.165) is 11.1 Å². The Bertz CT molecular complexity index is 709. The average molecular weight is 312 g/mol. The molecule has 0 radical (unpaired) electrons. The number of carbonyl (C=O) groups excluding carboxylic acids is 1. The van der Waals surface area contributed by atoms with Crippen molar-refractivity contribution in [3.8, 4) is 11.5 Å². The molecule has 5 heteroatoms. The van der Waals surface area contributed by atoms with Crippen molar-refractivity contribution in [2.75, 3.05) is 19.5 Å². The lowest BCUT2D eigenvalue weighted by atomic mass is 10.0. The number of ether oxygens (including phenoxy) is 2. The van der Waals surface area contributed by atoms with E-state index >= 15 is 0 Å². The normalized spacial score (nSPS) is 10.0. The maximum absolute atomic E-state index is 12.4. The molecule has 120 valence electrons. The number of hydrogen-bond acceptors (Lipinski definition) is 4. The van der Waals surface area contributed by atoms with Gasteiger partial charge < -0.3 is 14.8 Å². The van der Waals surface area contributed by atoms with Crippen LogP contribution in [0.25, 0.3) is 0 Å². The third-order valence-electron chi connectivity index (χ3n) is 3.34. The molecule has 0 aliphatic rings. The number of methoxy groups -OCH3 is 2. The van der Waals surface area contributed by atoms with Crippen LogP contribution in [0.4, 0.5) is 5.82 Å². The number of rotatable bonds is 6. The van der Waals surface area contributed by atoms with Gasteiger partial charge in [0.05, 0.1) is 14.2 Å². The number of aromatic nitrogens is 1. The number of pyridine rings is 1. The first-order valence-electron chi connectivity index (χ1n) is 7.18. The van der Waals surface area contributed by atoms with Crippen LogP contribution < -0.4 is 14.8 Å². The molecule has 23 heavy (non-hydrogen) atoms. The number of nitrogens with one attached hydrogen (secondary N) is 1. The Balaban J connectivity index is 2.33. The van der Waals surface area contributed by atoms with Gasteiger partial charge in [0.25, 0.3) is 5.91 Å². The maximum atomic E-state index is 12.4. The molecular weight excluding hydrogens is 292 g/mol. The fourth-order valence-corrected chi connectivity index (χ4v) is 2.21. The van der Waals surface area contributed by atoms with Crippen LogP contribution in [0.5, 0.6) is 11.5 Å². The Morgan fingerprint density at radius 3 is 2.65 bits per heavy atom. The van der Waals surface area contributed by atoms with Gasteiger partial charge in [-0.2, -0.15) is 0 Å². The summed E-state index contributed by atoms with van der Waals surface area (Å²) in [4.78, 5) is 16.6. The van der Waals surface area contributed by atoms with Crippen molar-refractivity contribution >= 4 is 11.7 Å². The molecule has 1 N–H and O–H groups in total. The highest BCUT2D eigenvalue weighted by Crippen LogP contribution is 2.33. The van der Waals surface area contributed by atoms with Crippen LogP contribution in [0.3, 0.4) is 0 Å². The molecular formula is C18H20N2O3. The molecule has 1 heterocycles. The molecule has 0 saturated heterocycles. The van der Waals surface area contributed by atoms with E-state index in [2.05, 4.69) is 16.9 Å². The molecule has 2 aromatic rings. The van der Waals surface area contributed by atoms with Crippen molar-refractivity contribution in [3.05, 3.63) is 59.8 Å². The van der Waals surface area contributed by atoms with Crippen molar-refractivity contribution in [2.45, 2.75) is 13.3 Å². The first-order chi connectivity index (χ1) is 11.1. The van der Waals surface area contributed by atoms with E-state index in [1.165, 1.54) is 0 Å². The van der Waals surface area contributed by atoms with Crippen LogP contribution in [-0.2, 0) is 6.42 Å². The Labute approximate surface area is 136 Å². The molecule has 0 aliphatic heterocycles. The second kappa shape index (κ2) is 7.45. The summed E-state index contributed by atoms with van der Waals surface area (Å²) in [5, 5.41) is 2.77. The molecule has 5 nitrogen and oxygen atoms in total. The summed E-state index contributed by atoms with van der Waals surface area (Å²) in [5.74, 6) is 1.36. The molecule has 0 unspecified atom stereocenters. The van der Waals surface area contributed by atoms with Crippen molar-refractivity contribution in [2.24, 2.45) is 0 Å². The Kier molecular flexibility index (Phi) is 5.36. The largest absolute Gasteiger partial charge is 0.493 e. The van der Waals surface area contributed by atoms with E-state index in [4.69, 9.17) is 9.47 Å². The quantitative estimate of drug-likeness (QED) is 0.831. The van der Waals surface area contributed by atoms with Crippen molar-refractivity contribution < 1.29 is 14.3 Å². The lowest BCUT2D eigenvalue weighted by Gasteiger charge is -2.14. The minimum atomic E-state index is -0.257. The molecule has 0 spiro atoms. The standard InChI is InChI=1S/C18H20N2O3/c1-5-6-13-9-14(10-15(22-3)17(13)23-4)18(21)20-16-8-7-12(2)11-19-16/h5,7-11H,1,6H2,2-4H3,(H,19,20,21). The summed E-state index contributed by atoms with van der Waals surface area (Å²) in [6.07, 6.45) is 4.03. The number of amides is 1. The Hall–Kier alpha value is -2.82. The van der Waals surface area contributed by atoms with Crippen LogP contribution >= 0.6 is 0 Å². The van der Waals surface area contributed by atoms with Crippen LogP contribution in [0, 0.1) is 6.92 Å². The van der Waals surface area contributed by atoms with Crippen LogP contribution in [0.1, 0.15) is 21.5 Å². The zero-order valence-electron chi connectivity index (χ0n) is 13.6. The minimum Gasteiger partial charge on any atom is -0.493 e. The summed E-state index contributed by atoms with van der Waals surface area (Å²) in [6, 6.07) is 7.07. The van der Waals surface area contributed by atoms with E-state index in [0.29, 0.717) is 29.3 Å². The average Bonchev–Trinajstić information content (AvgIpc) is 2.56. The van der Waals surface area contributed by atoms with E-state index < -0.39 is 0 Å². The summed E-state index contributed by atoms with van der Waals surface area (Å²) < 4.78 is 10.7. The predicted octanol–water partition coefficient (Wildman–Crippen LogP) is 3.39. The van der Waals surface area contributed by atoms with Gasteiger partial charge >= 0.3 is 0 Å². The second-order valence-corrected chi connectivity index (χ2v) is 5.04. The minimum absolute atomic E-state index is 0.257. The van der Waals surface area contributed by atoms with Crippen LogP contribution in [0.15, 0.2) is 43.1 Å². The number of anilines is 1. The van der Waals surface area contributed by atoms with Gasteiger partial charge in [0.15, 0.2) is 11.5 Å². The van der Waals surface area contributed by atoms with E-state index in [1.54, 1.807) is 44.7 Å². The molecule has 0 atom stereocenters. The number of carbonyl (C=O) groups is 1. The van der Waals surface area contributed by atoms with Gasteiger partial charge in [-0.05, 0) is 37.1 Å². The highest BCUT2D eigenvalue weighted by molar-refractivity contribution is 6.04. The van der Waals surface area contributed by atoms with Gasteiger partial charge in [0, 0.05) is 17.3 Å². The first kappa shape index (κ1) is 16.5. The van der Waals surface area contributed by atoms with Crippen LogP contribution in [-0.4, -0.2) is 25.1 Å². The molecule has 0 bridgehead atoms. The van der Waals surface area contributed by atoms with Gasteiger partial charge in [0.1, 0.15) is 5.82 Å². The van der Waals surface area contributed by atoms with Crippen molar-refractivity contribution in [1.29, 1.82) is 0 Å². The summed E-state index contributed by atoms with van der Waals surface area (Å²) in [5.41, 5.74) is 2.34. The van der Waals surface area contributed by atoms with E-state index in [-0.39, 0.29) is 5.91 Å². The monoisotopic (exact) mass is 312 g/mol. The molecule has 1 amide bonds. The third-order valence-corrected chi connectivity index (χ3v) is 3.34. The van der Waals surface area contributed by atoms with Gasteiger partial charge in [0.2, 0.25) is 0 Å². The first-order valence-corrected chi connectivity index (χ1v) is 7.18. The number of hydrogen-bond donors (Lipinski definition) is 1. The van der Waals surface area contributed by atoms with E-state index in [9.17, 15) is 4.79 Å². The number of allylic oxidation sites excluding steroid dienone is 1. The molecule has 0 fully saturated rings. The predicted molar refractivity (Wildman–Crippen MR) is 90.4 cm³/mol. The third kappa shape index (κ3) is 3.88. The summed E-state index contributed by atoms with van der Waals surface area (Å²) in [6.45, 7) is 5.67. The fraction of sp³-hybridized carbons (Fsp3) is 0.222. The number of nitrogens with zero attached hydrogens (tertiary/aromatic N) is 1. The lowest BCUT2D eigenvalue weighted by molar-refractivity contribution is 0.102. The highest BCUT2D eigenvalue weighted by Gasteiger charge is 2.16. The van der Waals surface area contributed by atoms with E-state index in [1.807, 2.05) is 13.0 Å². The molecule has 1 aromatic heterocycles. The smallest absolute Gasteiger partial charge is 0.256 e. The van der Waals surface area contributed by atoms with Gasteiger partial charge in [-0.1, -0.05) is 12.1 Å². The Morgan fingerprint density at radius 1 is 1.30 bits per heavy atom. The van der Waals surface area contributed by atoms with Gasteiger partial charge in [-0.3, -0.25) is 4.79 Å². The Morgan fingerprint density at radius 2 is 2.09 bits per heavy atom. The fourth-order valence-electron chi connectivity index (χ4n) is 2.21. The van der Waals surface area contributed by atoms with Crippen LogP contribution in [0.2, 0.25) is 0 Å². The zero-order chi connectivity index (χ0) is 16.8. The summed E-state index contributed by atoms with van der Waals surface area (Å²) >= 11 is 0.